The maximum atomic E-state index is 6.13. The van der Waals surface area contributed by atoms with E-state index in [4.69, 9.17) is 22.7 Å². The molecule has 1 aliphatic carbocycles. The third kappa shape index (κ3) is 3.90. The Balaban J connectivity index is 2.31. The number of ether oxygens (including phenoxy) is 1. The smallest absolute Gasteiger partial charge is 0.244 e. The number of nitrogens with two attached hydrogens (primary N) is 1. The van der Waals surface area contributed by atoms with Crippen LogP contribution in [0.2, 0.25) is 0 Å². The van der Waals surface area contributed by atoms with Gasteiger partial charge in [-0.25, -0.2) is 0 Å². The van der Waals surface area contributed by atoms with E-state index in [-0.39, 0.29) is 6.10 Å². The summed E-state index contributed by atoms with van der Waals surface area (Å²) in [4.78, 5) is 0.361. The van der Waals surface area contributed by atoms with Crippen LogP contribution in [0.3, 0.4) is 0 Å². The number of thiocarbonyl (C=S) groups is 1. The summed E-state index contributed by atoms with van der Waals surface area (Å²) in [5.74, 6) is 0.531. The molecular formula is C16H25N3OS. The fourth-order valence-corrected chi connectivity index (χ4v) is 3.22. The van der Waals surface area contributed by atoms with E-state index in [1.807, 2.05) is 0 Å². The summed E-state index contributed by atoms with van der Waals surface area (Å²) in [6.07, 6.45) is 9.06. The monoisotopic (exact) mass is 307 g/mol. The van der Waals surface area contributed by atoms with E-state index in [2.05, 4.69) is 24.0 Å². The Morgan fingerprint density at radius 2 is 1.81 bits per heavy atom. The van der Waals surface area contributed by atoms with Crippen molar-refractivity contribution in [2.75, 3.05) is 0 Å². The number of hydrogen-bond donors (Lipinski definition) is 1. The summed E-state index contributed by atoms with van der Waals surface area (Å²) < 4.78 is 6.13. The molecule has 0 atom stereocenters. The van der Waals surface area contributed by atoms with Gasteiger partial charge < -0.3 is 10.5 Å². The second-order valence-corrected chi connectivity index (χ2v) is 6.05. The number of aromatic nitrogens is 2. The fourth-order valence-electron chi connectivity index (χ4n) is 3.01. The number of hydrogen-bond acceptors (Lipinski definition) is 4. The third-order valence-electron chi connectivity index (χ3n) is 4.14. The van der Waals surface area contributed by atoms with Gasteiger partial charge in [0.2, 0.25) is 5.88 Å². The summed E-state index contributed by atoms with van der Waals surface area (Å²) in [6.45, 7) is 4.16. The minimum Gasteiger partial charge on any atom is -0.473 e. The lowest BCUT2D eigenvalue weighted by molar-refractivity contribution is 0.173. The van der Waals surface area contributed by atoms with Crippen LogP contribution in [0.1, 0.15) is 69.2 Å². The lowest BCUT2D eigenvalue weighted by atomic mass is 10.0. The van der Waals surface area contributed by atoms with Crippen molar-refractivity contribution in [3.05, 3.63) is 16.8 Å². The highest BCUT2D eigenvalue weighted by molar-refractivity contribution is 7.80. The van der Waals surface area contributed by atoms with E-state index in [1.165, 1.54) is 25.7 Å². The molecule has 4 nitrogen and oxygen atoms in total. The Morgan fingerprint density at radius 1 is 1.14 bits per heavy atom. The molecule has 0 aliphatic heterocycles. The highest BCUT2D eigenvalue weighted by Crippen LogP contribution is 2.27. The van der Waals surface area contributed by atoms with E-state index >= 15 is 0 Å². The molecule has 0 spiro atoms. The Labute approximate surface area is 132 Å². The molecule has 2 N–H and O–H groups in total. The van der Waals surface area contributed by atoms with Crippen molar-refractivity contribution in [2.45, 2.75) is 71.3 Å². The van der Waals surface area contributed by atoms with Gasteiger partial charge in [-0.3, -0.25) is 0 Å². The predicted molar refractivity (Wildman–Crippen MR) is 88.8 cm³/mol. The van der Waals surface area contributed by atoms with Crippen LogP contribution in [-0.4, -0.2) is 21.3 Å². The summed E-state index contributed by atoms with van der Waals surface area (Å²) in [5, 5.41) is 8.57. The van der Waals surface area contributed by atoms with E-state index in [0.717, 1.165) is 42.5 Å². The normalized spacial score (nSPS) is 16.5. The van der Waals surface area contributed by atoms with E-state index in [9.17, 15) is 0 Å². The zero-order valence-electron chi connectivity index (χ0n) is 13.0. The summed E-state index contributed by atoms with van der Waals surface area (Å²) in [6, 6.07) is 0. The first-order valence-corrected chi connectivity index (χ1v) is 8.43. The van der Waals surface area contributed by atoms with Crippen molar-refractivity contribution in [2.24, 2.45) is 5.73 Å². The minimum atomic E-state index is 0.215. The molecule has 0 saturated heterocycles. The van der Waals surface area contributed by atoms with Gasteiger partial charge in [-0.05, 0) is 44.1 Å². The maximum absolute atomic E-state index is 6.13. The number of nitrogens with zero attached hydrogens (tertiary/aromatic N) is 2. The molecule has 5 heteroatoms. The fraction of sp³-hybridized carbons (Fsp3) is 0.688. The Hall–Kier alpha value is -1.23. The molecular weight excluding hydrogens is 282 g/mol. The lowest BCUT2D eigenvalue weighted by Gasteiger charge is -2.20. The average Bonchev–Trinajstić information content (AvgIpc) is 2.74. The Morgan fingerprint density at radius 3 is 2.33 bits per heavy atom. The third-order valence-corrected chi connectivity index (χ3v) is 4.34. The second-order valence-electron chi connectivity index (χ2n) is 5.61. The van der Waals surface area contributed by atoms with Crippen LogP contribution >= 0.6 is 12.2 Å². The van der Waals surface area contributed by atoms with Crippen LogP contribution in [0.5, 0.6) is 5.88 Å². The van der Waals surface area contributed by atoms with Gasteiger partial charge in [0, 0.05) is 0 Å². The van der Waals surface area contributed by atoms with Gasteiger partial charge in [0.05, 0.1) is 11.3 Å². The summed E-state index contributed by atoms with van der Waals surface area (Å²) >= 11 is 5.24. The van der Waals surface area contributed by atoms with Crippen LogP contribution in [0, 0.1) is 0 Å². The van der Waals surface area contributed by atoms with Crippen molar-refractivity contribution in [1.29, 1.82) is 0 Å². The molecule has 1 heterocycles. The van der Waals surface area contributed by atoms with Gasteiger partial charge in [-0.1, -0.05) is 38.9 Å². The van der Waals surface area contributed by atoms with Gasteiger partial charge in [-0.15, -0.1) is 5.10 Å². The van der Waals surface area contributed by atoms with Crippen molar-refractivity contribution in [3.63, 3.8) is 0 Å². The second kappa shape index (κ2) is 7.69. The number of rotatable bonds is 5. The van der Waals surface area contributed by atoms with Crippen LogP contribution in [0.15, 0.2) is 0 Å². The Bertz CT molecular complexity index is 497. The van der Waals surface area contributed by atoms with Crippen molar-refractivity contribution in [1.82, 2.24) is 10.2 Å². The molecule has 0 unspecified atom stereocenters. The SMILES string of the molecule is CCc1nnc(OC2CCCCCC2)c(C(N)=S)c1CC. The molecule has 0 radical (unpaired) electrons. The van der Waals surface area contributed by atoms with Crippen molar-refractivity contribution < 1.29 is 4.74 Å². The molecule has 1 saturated carbocycles. The van der Waals surface area contributed by atoms with Crippen molar-refractivity contribution in [3.8, 4) is 5.88 Å². The summed E-state index contributed by atoms with van der Waals surface area (Å²) in [7, 11) is 0. The molecule has 21 heavy (non-hydrogen) atoms. The zero-order chi connectivity index (χ0) is 15.2. The maximum Gasteiger partial charge on any atom is 0.244 e. The van der Waals surface area contributed by atoms with Crippen LogP contribution in [0.4, 0.5) is 0 Å². The molecule has 1 aromatic heterocycles. The Kier molecular flexibility index (Phi) is 5.91. The molecule has 2 rings (SSSR count). The van der Waals surface area contributed by atoms with E-state index < -0.39 is 0 Å². The van der Waals surface area contributed by atoms with Crippen LogP contribution < -0.4 is 10.5 Å². The summed E-state index contributed by atoms with van der Waals surface area (Å²) in [5.41, 5.74) is 8.78. The van der Waals surface area contributed by atoms with Crippen molar-refractivity contribution >= 4 is 17.2 Å². The van der Waals surface area contributed by atoms with Gasteiger partial charge >= 0.3 is 0 Å². The van der Waals surface area contributed by atoms with E-state index in [0.29, 0.717) is 10.9 Å². The number of aryl methyl sites for hydroxylation is 1. The molecule has 1 aromatic rings. The van der Waals surface area contributed by atoms with Gasteiger partial charge in [0.1, 0.15) is 11.1 Å². The highest BCUT2D eigenvalue weighted by Gasteiger charge is 2.21. The highest BCUT2D eigenvalue weighted by atomic mass is 32.1. The molecule has 1 fully saturated rings. The van der Waals surface area contributed by atoms with Crippen LogP contribution in [-0.2, 0) is 12.8 Å². The molecule has 116 valence electrons. The van der Waals surface area contributed by atoms with E-state index in [1.54, 1.807) is 0 Å². The standard InChI is InChI=1S/C16H25N3OS/c1-3-12-13(4-2)18-19-16(14(12)15(17)21)20-11-9-7-5-6-8-10-11/h11H,3-10H2,1-2H3,(H2,17,21). The van der Waals surface area contributed by atoms with Crippen LogP contribution in [0.25, 0.3) is 0 Å². The molecule has 0 aromatic carbocycles. The largest absolute Gasteiger partial charge is 0.473 e. The molecule has 1 aliphatic rings. The average molecular weight is 307 g/mol. The van der Waals surface area contributed by atoms with Gasteiger partial charge in [-0.2, -0.15) is 5.10 Å². The first-order chi connectivity index (χ1) is 10.2. The predicted octanol–water partition coefficient (Wildman–Crippen LogP) is 3.34. The minimum absolute atomic E-state index is 0.215. The zero-order valence-corrected chi connectivity index (χ0v) is 13.8. The first kappa shape index (κ1) is 16.1. The molecule has 0 amide bonds. The quantitative estimate of drug-likeness (QED) is 0.668. The lowest BCUT2D eigenvalue weighted by Crippen LogP contribution is -2.22. The topological polar surface area (TPSA) is 61.0 Å². The first-order valence-electron chi connectivity index (χ1n) is 8.02. The van der Waals surface area contributed by atoms with Gasteiger partial charge in [0.25, 0.3) is 0 Å². The van der Waals surface area contributed by atoms with Gasteiger partial charge in [0.15, 0.2) is 0 Å². The molecule has 0 bridgehead atoms.